The Morgan fingerprint density at radius 2 is 1.65 bits per heavy atom. The van der Waals surface area contributed by atoms with Crippen LogP contribution >= 0.6 is 0 Å². The fourth-order valence-corrected chi connectivity index (χ4v) is 2.74. The van der Waals surface area contributed by atoms with Crippen LogP contribution in [0, 0.1) is 11.7 Å². The minimum Gasteiger partial charge on any atom is -0.323 e. The van der Waals surface area contributed by atoms with Crippen LogP contribution in [0.3, 0.4) is 0 Å². The second-order valence-electron chi connectivity index (χ2n) is 5.40. The Balaban J connectivity index is 2.36. The van der Waals surface area contributed by atoms with Crippen LogP contribution in [0.15, 0.2) is 54.6 Å². The third-order valence-corrected chi connectivity index (χ3v) is 4.06. The summed E-state index contributed by atoms with van der Waals surface area (Å²) in [5, 5.41) is 0. The average molecular weight is 271 g/mol. The topological polar surface area (TPSA) is 26.0 Å². The van der Waals surface area contributed by atoms with Gasteiger partial charge in [-0.25, -0.2) is 4.39 Å². The Kier molecular flexibility index (Phi) is 4.91. The lowest BCUT2D eigenvalue weighted by atomic mass is 9.78. The van der Waals surface area contributed by atoms with Gasteiger partial charge in [-0.2, -0.15) is 0 Å². The maximum atomic E-state index is 13.4. The van der Waals surface area contributed by atoms with Crippen LogP contribution in [-0.4, -0.2) is 0 Å². The lowest BCUT2D eigenvalue weighted by Crippen LogP contribution is -2.25. The van der Waals surface area contributed by atoms with Gasteiger partial charge in [-0.3, -0.25) is 0 Å². The quantitative estimate of drug-likeness (QED) is 0.841. The summed E-state index contributed by atoms with van der Waals surface area (Å²) in [5.41, 5.74) is 8.53. The van der Waals surface area contributed by atoms with E-state index in [1.165, 1.54) is 11.6 Å². The molecule has 0 saturated heterocycles. The van der Waals surface area contributed by atoms with E-state index in [-0.39, 0.29) is 17.8 Å². The first-order valence-electron chi connectivity index (χ1n) is 7.19. The van der Waals surface area contributed by atoms with Gasteiger partial charge in [0.2, 0.25) is 0 Å². The van der Waals surface area contributed by atoms with Gasteiger partial charge in [0.15, 0.2) is 0 Å². The molecule has 0 radical (unpaired) electrons. The molecule has 0 aliphatic carbocycles. The second kappa shape index (κ2) is 6.67. The van der Waals surface area contributed by atoms with Crippen molar-refractivity contribution in [2.75, 3.05) is 0 Å². The zero-order valence-electron chi connectivity index (χ0n) is 12.1. The Bertz CT molecular complexity index is 538. The highest BCUT2D eigenvalue weighted by Crippen LogP contribution is 2.36. The van der Waals surface area contributed by atoms with Gasteiger partial charge in [0, 0.05) is 12.0 Å². The first kappa shape index (κ1) is 14.7. The van der Waals surface area contributed by atoms with Crippen LogP contribution in [0.2, 0.25) is 0 Å². The largest absolute Gasteiger partial charge is 0.323 e. The van der Waals surface area contributed by atoms with Crippen molar-refractivity contribution < 1.29 is 4.39 Å². The molecule has 0 aromatic heterocycles. The maximum Gasteiger partial charge on any atom is 0.123 e. The molecule has 0 amide bonds. The van der Waals surface area contributed by atoms with Gasteiger partial charge in [0.25, 0.3) is 0 Å². The zero-order chi connectivity index (χ0) is 14.5. The molecule has 2 N–H and O–H groups in total. The monoisotopic (exact) mass is 271 g/mol. The van der Waals surface area contributed by atoms with E-state index < -0.39 is 0 Å². The van der Waals surface area contributed by atoms with E-state index in [2.05, 4.69) is 26.0 Å². The highest BCUT2D eigenvalue weighted by atomic mass is 19.1. The number of halogens is 1. The molecule has 2 heteroatoms. The third kappa shape index (κ3) is 3.26. The average Bonchev–Trinajstić information content (AvgIpc) is 2.48. The lowest BCUT2D eigenvalue weighted by Gasteiger charge is -2.30. The van der Waals surface area contributed by atoms with Crippen molar-refractivity contribution in [2.24, 2.45) is 11.7 Å². The minimum absolute atomic E-state index is 0.192. The summed E-state index contributed by atoms with van der Waals surface area (Å²) >= 11 is 0. The van der Waals surface area contributed by atoms with Crippen molar-refractivity contribution in [3.63, 3.8) is 0 Å². The van der Waals surface area contributed by atoms with E-state index in [0.29, 0.717) is 5.92 Å². The fraction of sp³-hybridized carbons (Fsp3) is 0.333. The third-order valence-electron chi connectivity index (χ3n) is 4.06. The van der Waals surface area contributed by atoms with Crippen LogP contribution in [0.5, 0.6) is 0 Å². The Morgan fingerprint density at radius 1 is 1.00 bits per heavy atom. The maximum absolute atomic E-state index is 13.4. The fourth-order valence-electron chi connectivity index (χ4n) is 2.74. The molecule has 2 rings (SSSR count). The molecular formula is C18H22FN. The molecule has 3 unspecified atom stereocenters. The van der Waals surface area contributed by atoms with Gasteiger partial charge < -0.3 is 5.73 Å². The van der Waals surface area contributed by atoms with Gasteiger partial charge >= 0.3 is 0 Å². The Labute approximate surface area is 120 Å². The first-order chi connectivity index (χ1) is 9.63. The molecular weight excluding hydrogens is 249 g/mol. The zero-order valence-corrected chi connectivity index (χ0v) is 12.1. The van der Waals surface area contributed by atoms with Crippen molar-refractivity contribution >= 4 is 0 Å². The molecule has 0 bridgehead atoms. The Morgan fingerprint density at radius 3 is 2.25 bits per heavy atom. The van der Waals surface area contributed by atoms with Crippen molar-refractivity contribution in [1.29, 1.82) is 0 Å². The van der Waals surface area contributed by atoms with Crippen LogP contribution in [0.25, 0.3) is 0 Å². The molecule has 0 spiro atoms. The summed E-state index contributed by atoms with van der Waals surface area (Å²) in [4.78, 5) is 0. The van der Waals surface area contributed by atoms with Crippen LogP contribution in [0.1, 0.15) is 43.4 Å². The van der Waals surface area contributed by atoms with Crippen LogP contribution in [0.4, 0.5) is 4.39 Å². The highest BCUT2D eigenvalue weighted by molar-refractivity contribution is 5.28. The molecule has 0 aliphatic heterocycles. The standard InChI is InChI=1S/C18H22FN/c1-3-13(2)17(14-8-5-4-6-9-14)18(20)15-10-7-11-16(19)12-15/h4-13,17-18H,3,20H2,1-2H3. The van der Waals surface area contributed by atoms with Crippen molar-refractivity contribution in [3.05, 3.63) is 71.5 Å². The molecule has 2 aromatic carbocycles. The van der Waals surface area contributed by atoms with Gasteiger partial charge in [0.05, 0.1) is 0 Å². The molecule has 0 fully saturated rings. The van der Waals surface area contributed by atoms with Crippen molar-refractivity contribution in [3.8, 4) is 0 Å². The van der Waals surface area contributed by atoms with E-state index in [1.807, 2.05) is 24.3 Å². The van der Waals surface area contributed by atoms with E-state index >= 15 is 0 Å². The number of benzene rings is 2. The summed E-state index contributed by atoms with van der Waals surface area (Å²) in [5.74, 6) is 0.410. The minimum atomic E-state index is -0.228. The van der Waals surface area contributed by atoms with Crippen molar-refractivity contribution in [1.82, 2.24) is 0 Å². The summed E-state index contributed by atoms with van der Waals surface area (Å²) in [6.45, 7) is 4.37. The van der Waals surface area contributed by atoms with Crippen LogP contribution < -0.4 is 5.73 Å². The molecule has 0 aliphatic rings. The highest BCUT2D eigenvalue weighted by Gasteiger charge is 2.26. The van der Waals surface area contributed by atoms with Gasteiger partial charge in [-0.15, -0.1) is 0 Å². The smallest absolute Gasteiger partial charge is 0.123 e. The van der Waals surface area contributed by atoms with Gasteiger partial charge in [-0.05, 0) is 29.2 Å². The van der Waals surface area contributed by atoms with Gasteiger partial charge in [-0.1, -0.05) is 62.7 Å². The van der Waals surface area contributed by atoms with Crippen LogP contribution in [-0.2, 0) is 0 Å². The Hall–Kier alpha value is -1.67. The molecule has 1 nitrogen and oxygen atoms in total. The molecule has 2 aromatic rings. The first-order valence-corrected chi connectivity index (χ1v) is 7.19. The summed E-state index contributed by atoms with van der Waals surface area (Å²) in [6.07, 6.45) is 1.04. The summed E-state index contributed by atoms with van der Waals surface area (Å²) in [6, 6.07) is 16.7. The van der Waals surface area contributed by atoms with E-state index in [0.717, 1.165) is 12.0 Å². The van der Waals surface area contributed by atoms with Gasteiger partial charge in [0.1, 0.15) is 5.82 Å². The number of hydrogen-bond donors (Lipinski definition) is 1. The van der Waals surface area contributed by atoms with E-state index in [1.54, 1.807) is 12.1 Å². The summed E-state index contributed by atoms with van der Waals surface area (Å²) in [7, 11) is 0. The lowest BCUT2D eigenvalue weighted by molar-refractivity contribution is 0.387. The number of hydrogen-bond acceptors (Lipinski definition) is 1. The number of nitrogens with two attached hydrogens (primary N) is 1. The SMILES string of the molecule is CCC(C)C(c1ccccc1)C(N)c1cccc(F)c1. The normalized spacial score (nSPS) is 15.6. The van der Waals surface area contributed by atoms with Crippen molar-refractivity contribution in [2.45, 2.75) is 32.2 Å². The predicted molar refractivity (Wildman–Crippen MR) is 82.0 cm³/mol. The number of rotatable bonds is 5. The molecule has 0 saturated carbocycles. The second-order valence-corrected chi connectivity index (χ2v) is 5.40. The molecule has 3 atom stereocenters. The molecule has 20 heavy (non-hydrogen) atoms. The predicted octanol–water partition coefficient (Wildman–Crippen LogP) is 4.66. The van der Waals surface area contributed by atoms with E-state index in [4.69, 9.17) is 5.73 Å². The summed E-state index contributed by atoms with van der Waals surface area (Å²) < 4.78 is 13.4. The van der Waals surface area contributed by atoms with E-state index in [9.17, 15) is 4.39 Å². The molecule has 106 valence electrons. The molecule has 0 heterocycles.